The van der Waals surface area contributed by atoms with Crippen molar-refractivity contribution in [3.63, 3.8) is 0 Å². The molecule has 0 aliphatic carbocycles. The molecule has 0 spiro atoms. The number of rotatable bonds is 2. The van der Waals surface area contributed by atoms with Gasteiger partial charge >= 0.3 is 0 Å². The third kappa shape index (κ3) is 3.59. The van der Waals surface area contributed by atoms with Gasteiger partial charge in [0.25, 0.3) is 0 Å². The minimum absolute atomic E-state index is 1.01. The van der Waals surface area contributed by atoms with Crippen LogP contribution in [0.2, 0.25) is 0 Å². The van der Waals surface area contributed by atoms with Crippen LogP contribution in [0.4, 0.5) is 0 Å². The Hall–Kier alpha value is -6.12. The molecular weight excluding hydrogens is 556 g/mol. The molecule has 46 heavy (non-hydrogen) atoms. The molecule has 10 aromatic rings. The smallest absolute Gasteiger partial charge is 0.0780 e. The number of hydrogen-bond acceptors (Lipinski definition) is 2. The van der Waals surface area contributed by atoms with E-state index in [0.29, 0.717) is 0 Å². The number of aromatic nitrogens is 2. The van der Waals surface area contributed by atoms with Crippen LogP contribution in [0, 0.1) is 0 Å². The van der Waals surface area contributed by atoms with Crippen LogP contribution >= 0.6 is 0 Å². The first kappa shape index (κ1) is 25.2. The SMILES string of the molecule is c1ccc2c(-c3ccc4c5ccccc5c5c6cc(-c7nccc8ccccc78)ccc6c6ccccc6c5c4c3)nccc2c1. The summed E-state index contributed by atoms with van der Waals surface area (Å²) in [5.74, 6) is 0. The molecule has 0 aliphatic heterocycles. The van der Waals surface area contributed by atoms with Gasteiger partial charge in [-0.2, -0.15) is 0 Å². The summed E-state index contributed by atoms with van der Waals surface area (Å²) in [5.41, 5.74) is 4.27. The maximum absolute atomic E-state index is 4.90. The van der Waals surface area contributed by atoms with Crippen LogP contribution < -0.4 is 0 Å². The topological polar surface area (TPSA) is 25.8 Å². The van der Waals surface area contributed by atoms with Gasteiger partial charge in [0.1, 0.15) is 0 Å². The van der Waals surface area contributed by atoms with Crippen LogP contribution in [0.1, 0.15) is 0 Å². The first-order valence-electron chi connectivity index (χ1n) is 15.7. The van der Waals surface area contributed by atoms with Gasteiger partial charge in [-0.3, -0.25) is 9.97 Å². The molecule has 8 aromatic carbocycles. The van der Waals surface area contributed by atoms with Crippen LogP contribution in [0.25, 0.3) is 97.9 Å². The zero-order valence-corrected chi connectivity index (χ0v) is 24.9. The van der Waals surface area contributed by atoms with Crippen molar-refractivity contribution < 1.29 is 0 Å². The lowest BCUT2D eigenvalue weighted by Crippen LogP contribution is -1.91. The summed E-state index contributed by atoms with van der Waals surface area (Å²) < 4.78 is 0. The van der Waals surface area contributed by atoms with Crippen molar-refractivity contribution in [3.8, 4) is 22.5 Å². The second-order valence-electron chi connectivity index (χ2n) is 12.1. The van der Waals surface area contributed by atoms with Gasteiger partial charge in [-0.05, 0) is 88.9 Å². The molecule has 0 fully saturated rings. The van der Waals surface area contributed by atoms with Crippen LogP contribution in [-0.4, -0.2) is 9.97 Å². The normalized spacial score (nSPS) is 11.9. The number of nitrogens with zero attached hydrogens (tertiary/aromatic N) is 2. The highest BCUT2D eigenvalue weighted by atomic mass is 14.7. The lowest BCUT2D eigenvalue weighted by atomic mass is 9.85. The van der Waals surface area contributed by atoms with E-state index in [1.165, 1.54) is 64.6 Å². The summed E-state index contributed by atoms with van der Waals surface area (Å²) in [6.45, 7) is 0. The van der Waals surface area contributed by atoms with Gasteiger partial charge in [0, 0.05) is 34.3 Å². The number of fused-ring (bicyclic) bond motifs is 13. The van der Waals surface area contributed by atoms with Gasteiger partial charge in [0.15, 0.2) is 0 Å². The molecule has 2 aromatic heterocycles. The van der Waals surface area contributed by atoms with Crippen molar-refractivity contribution in [2.24, 2.45) is 0 Å². The Labute approximate surface area is 265 Å². The second-order valence-corrected chi connectivity index (χ2v) is 12.1. The summed E-state index contributed by atoms with van der Waals surface area (Å²) in [4.78, 5) is 9.80. The molecule has 0 N–H and O–H groups in total. The third-order valence-corrected chi connectivity index (χ3v) is 9.70. The highest BCUT2D eigenvalue weighted by molar-refractivity contribution is 6.39. The zero-order chi connectivity index (χ0) is 30.2. The first-order chi connectivity index (χ1) is 22.8. The van der Waals surface area contributed by atoms with Crippen molar-refractivity contribution in [2.75, 3.05) is 0 Å². The number of benzene rings is 8. The van der Waals surface area contributed by atoms with E-state index in [1.807, 2.05) is 12.4 Å². The van der Waals surface area contributed by atoms with Gasteiger partial charge in [-0.15, -0.1) is 0 Å². The van der Waals surface area contributed by atoms with E-state index in [-0.39, 0.29) is 0 Å². The van der Waals surface area contributed by atoms with Crippen molar-refractivity contribution >= 4 is 75.4 Å². The van der Waals surface area contributed by atoms with E-state index in [4.69, 9.17) is 9.97 Å². The maximum Gasteiger partial charge on any atom is 0.0780 e. The highest BCUT2D eigenvalue weighted by Crippen LogP contribution is 2.45. The molecule has 2 heteroatoms. The summed E-state index contributed by atoms with van der Waals surface area (Å²) >= 11 is 0. The fourth-order valence-electron chi connectivity index (χ4n) is 7.67. The van der Waals surface area contributed by atoms with E-state index in [0.717, 1.165) is 33.3 Å². The standard InChI is InChI=1S/C44H26N2/c1-3-11-31-27(9-1)21-23-45-43(31)29-17-19-35-33-13-5-8-16-38(33)42-40-26-30(44-32-12-4-2-10-28(32)22-24-46-44)18-20-36(40)34-14-6-7-15-37(34)41(42)39(35)25-29/h1-26H. The third-order valence-electron chi connectivity index (χ3n) is 9.70. The Morgan fingerprint density at radius 3 is 1.11 bits per heavy atom. The maximum atomic E-state index is 4.90. The molecule has 10 rings (SSSR count). The second kappa shape index (κ2) is 9.69. The van der Waals surface area contributed by atoms with Crippen LogP contribution in [0.3, 0.4) is 0 Å². The van der Waals surface area contributed by atoms with Gasteiger partial charge in [-0.25, -0.2) is 0 Å². The average molecular weight is 583 g/mol. The molecule has 0 saturated carbocycles. The minimum atomic E-state index is 1.01. The van der Waals surface area contributed by atoms with E-state index < -0.39 is 0 Å². The van der Waals surface area contributed by atoms with E-state index in [1.54, 1.807) is 0 Å². The Morgan fingerprint density at radius 1 is 0.283 bits per heavy atom. The molecule has 0 atom stereocenters. The van der Waals surface area contributed by atoms with Gasteiger partial charge in [0.2, 0.25) is 0 Å². The predicted octanol–water partition coefficient (Wildman–Crippen LogP) is 11.9. The Morgan fingerprint density at radius 2 is 0.652 bits per heavy atom. The van der Waals surface area contributed by atoms with Gasteiger partial charge < -0.3 is 0 Å². The fourth-order valence-corrected chi connectivity index (χ4v) is 7.67. The molecule has 2 heterocycles. The van der Waals surface area contributed by atoms with Gasteiger partial charge in [-0.1, -0.05) is 121 Å². The Kier molecular flexibility index (Phi) is 5.31. The molecule has 0 aliphatic rings. The first-order valence-corrected chi connectivity index (χ1v) is 15.7. The van der Waals surface area contributed by atoms with Crippen molar-refractivity contribution in [1.29, 1.82) is 0 Å². The summed E-state index contributed by atoms with van der Waals surface area (Å²) in [6, 6.07) is 52.8. The summed E-state index contributed by atoms with van der Waals surface area (Å²) in [6.07, 6.45) is 3.85. The lowest BCUT2D eigenvalue weighted by Gasteiger charge is -2.18. The number of hydrogen-bond donors (Lipinski definition) is 0. The molecule has 0 amide bonds. The van der Waals surface area contributed by atoms with Crippen molar-refractivity contribution in [2.45, 2.75) is 0 Å². The molecule has 0 saturated heterocycles. The predicted molar refractivity (Wildman–Crippen MR) is 195 cm³/mol. The van der Waals surface area contributed by atoms with E-state index in [2.05, 4.69) is 146 Å². The highest BCUT2D eigenvalue weighted by Gasteiger charge is 2.18. The van der Waals surface area contributed by atoms with E-state index >= 15 is 0 Å². The van der Waals surface area contributed by atoms with Crippen LogP contribution in [-0.2, 0) is 0 Å². The average Bonchev–Trinajstić information content (AvgIpc) is 3.13. The molecular formula is C44H26N2. The van der Waals surface area contributed by atoms with Crippen molar-refractivity contribution in [3.05, 3.63) is 158 Å². The van der Waals surface area contributed by atoms with Crippen LogP contribution in [0.5, 0.6) is 0 Å². The van der Waals surface area contributed by atoms with Gasteiger partial charge in [0.05, 0.1) is 11.4 Å². The molecule has 0 bridgehead atoms. The minimum Gasteiger partial charge on any atom is -0.256 e. The Balaban J connectivity index is 1.40. The Bertz CT molecular complexity index is 2660. The van der Waals surface area contributed by atoms with E-state index in [9.17, 15) is 0 Å². The summed E-state index contributed by atoms with van der Waals surface area (Å²) in [5, 5.41) is 17.3. The fraction of sp³-hybridized carbons (Fsp3) is 0. The quantitative estimate of drug-likeness (QED) is 0.190. The molecule has 212 valence electrons. The molecule has 2 nitrogen and oxygen atoms in total. The number of pyridine rings is 2. The monoisotopic (exact) mass is 582 g/mol. The largest absolute Gasteiger partial charge is 0.256 e. The lowest BCUT2D eigenvalue weighted by molar-refractivity contribution is 1.36. The summed E-state index contributed by atoms with van der Waals surface area (Å²) in [7, 11) is 0. The van der Waals surface area contributed by atoms with Crippen LogP contribution in [0.15, 0.2) is 158 Å². The molecule has 0 radical (unpaired) electrons. The zero-order valence-electron chi connectivity index (χ0n) is 24.9. The van der Waals surface area contributed by atoms with Crippen molar-refractivity contribution in [1.82, 2.24) is 9.97 Å². The molecule has 0 unspecified atom stereocenters.